The van der Waals surface area contributed by atoms with E-state index in [1.165, 1.54) is 76.8 Å². The zero-order valence-electron chi connectivity index (χ0n) is 26.9. The highest BCUT2D eigenvalue weighted by Gasteiger charge is 2.74. The second-order valence-electron chi connectivity index (χ2n) is 14.5. The Balaban J connectivity index is 1.28. The number of hydrogen-bond acceptors (Lipinski definition) is 2. The monoisotopic (exact) mass is 656 g/mol. The standard InChI is InChI=1S/C43H26N5OSi/c1-45-30-23-44-21-20-29(30)47-43(45)28-12-6-14-31-41(28)48(47)42-32(49-31)18-19-36-38(42)39-37-26(27-13-8-22-46(48)40(27)39)11-7-17-35(37)50(36)33-15-4-2-9-24(33)25-10-3-5-16-34(25)50/h2-23,39H,1H3/q+3. The second-order valence-corrected chi connectivity index (χ2v) is 18.1. The number of imidazole rings is 1. The van der Waals surface area contributed by atoms with Gasteiger partial charge in [0, 0.05) is 33.2 Å². The van der Waals surface area contributed by atoms with Crippen molar-refractivity contribution >= 4 is 51.2 Å². The summed E-state index contributed by atoms with van der Waals surface area (Å²) in [6, 6.07) is 43.8. The molecule has 6 aliphatic rings. The van der Waals surface area contributed by atoms with Crippen LogP contribution in [0.5, 0.6) is 11.5 Å². The van der Waals surface area contributed by atoms with Crippen LogP contribution in [0.25, 0.3) is 44.7 Å². The minimum absolute atomic E-state index is 0.0998. The van der Waals surface area contributed by atoms with E-state index in [-0.39, 0.29) is 5.92 Å². The Labute approximate surface area is 287 Å². The highest BCUT2D eigenvalue weighted by molar-refractivity contribution is 7.22. The third-order valence-electron chi connectivity index (χ3n) is 12.8. The molecular weight excluding hydrogens is 631 g/mol. The van der Waals surface area contributed by atoms with Gasteiger partial charge in [-0.25, -0.2) is 4.57 Å². The van der Waals surface area contributed by atoms with E-state index in [1.54, 1.807) is 0 Å². The maximum atomic E-state index is 7.09. The molecule has 230 valence electrons. The molecule has 0 fully saturated rings. The SMILES string of the molecule is Cn1c2[n+](c3ccncc31)[N+]13c4c(cccc4-2)Oc2ccc4c(c21)C1c2c(cccc2[Si]42c4ccccc4-c4ccccc42)-c2ccc[n+]3c21. The van der Waals surface area contributed by atoms with Crippen LogP contribution in [0, 0.1) is 0 Å². The van der Waals surface area contributed by atoms with E-state index in [9.17, 15) is 0 Å². The Morgan fingerprint density at radius 3 is 2.22 bits per heavy atom. The number of para-hydroxylation sites is 1. The molecule has 8 aromatic rings. The third kappa shape index (κ3) is 2.21. The van der Waals surface area contributed by atoms with E-state index in [0.717, 1.165) is 28.4 Å². The van der Waals surface area contributed by atoms with Crippen LogP contribution >= 0.6 is 0 Å². The van der Waals surface area contributed by atoms with E-state index >= 15 is 0 Å². The Bertz CT molecular complexity index is 2970. The van der Waals surface area contributed by atoms with Crippen molar-refractivity contribution in [3.8, 4) is 45.1 Å². The van der Waals surface area contributed by atoms with Gasteiger partial charge < -0.3 is 4.74 Å². The summed E-state index contributed by atoms with van der Waals surface area (Å²) in [5.74, 6) is 3.08. The lowest BCUT2D eigenvalue weighted by Gasteiger charge is -2.43. The van der Waals surface area contributed by atoms with E-state index in [4.69, 9.17) is 4.74 Å². The molecule has 14 rings (SSSR count). The molecule has 2 spiro atoms. The fraction of sp³-hybridized carbons (Fsp3) is 0.0465. The van der Waals surface area contributed by atoms with Crippen molar-refractivity contribution in [1.29, 1.82) is 0 Å². The zero-order chi connectivity index (χ0) is 32.2. The van der Waals surface area contributed by atoms with Gasteiger partial charge in [-0.05, 0) is 67.3 Å². The number of fused-ring (bicyclic) bond motifs is 12. The van der Waals surface area contributed by atoms with Gasteiger partial charge in [-0.15, -0.1) is 0 Å². The van der Waals surface area contributed by atoms with Crippen LogP contribution in [0.4, 0.5) is 11.4 Å². The number of nitrogens with zero attached hydrogens (tertiary/aromatic N) is 5. The molecule has 7 heteroatoms. The Kier molecular flexibility index (Phi) is 3.83. The Morgan fingerprint density at radius 2 is 1.36 bits per heavy atom. The molecule has 0 bridgehead atoms. The number of ether oxygens (including phenoxy) is 1. The van der Waals surface area contributed by atoms with Gasteiger partial charge in [-0.3, -0.25) is 4.98 Å². The number of hydrogen-bond donors (Lipinski definition) is 0. The topological polar surface area (TPSA) is 34.8 Å². The quantitative estimate of drug-likeness (QED) is 0.132. The lowest BCUT2D eigenvalue weighted by molar-refractivity contribution is -1.03. The van der Waals surface area contributed by atoms with Crippen LogP contribution in [-0.2, 0) is 7.05 Å². The first-order valence-corrected chi connectivity index (χ1v) is 19.4. The molecule has 2 unspecified atom stereocenters. The molecular formula is C43H26N5OSi+3. The number of rotatable bonds is 0. The summed E-state index contributed by atoms with van der Waals surface area (Å²) in [6.07, 6.45) is 6.26. The van der Waals surface area contributed by atoms with Gasteiger partial charge in [0.15, 0.2) is 25.1 Å². The van der Waals surface area contributed by atoms with Crippen molar-refractivity contribution < 1.29 is 14.1 Å². The van der Waals surface area contributed by atoms with Gasteiger partial charge in [0.05, 0.1) is 18.8 Å². The average Bonchev–Trinajstić information content (AvgIpc) is 3.86. The van der Waals surface area contributed by atoms with E-state index in [1.807, 2.05) is 12.4 Å². The summed E-state index contributed by atoms with van der Waals surface area (Å²) in [5, 5.41) is 6.01. The van der Waals surface area contributed by atoms with E-state index in [0.29, 0.717) is 4.70 Å². The number of pyridine rings is 2. The van der Waals surface area contributed by atoms with Crippen molar-refractivity contribution in [3.05, 3.63) is 151 Å². The molecule has 6 nitrogen and oxygen atoms in total. The summed E-state index contributed by atoms with van der Waals surface area (Å²) < 4.78 is 14.9. The van der Waals surface area contributed by atoms with Crippen molar-refractivity contribution in [3.63, 3.8) is 0 Å². The van der Waals surface area contributed by atoms with Crippen molar-refractivity contribution in [2.45, 2.75) is 5.92 Å². The van der Waals surface area contributed by atoms with Gasteiger partial charge in [-0.2, -0.15) is 0 Å². The first-order chi connectivity index (χ1) is 24.8. The highest BCUT2D eigenvalue weighted by atomic mass is 28.3. The molecule has 3 aromatic heterocycles. The van der Waals surface area contributed by atoms with Crippen molar-refractivity contribution in [2.75, 3.05) is 0 Å². The third-order valence-corrected chi connectivity index (χ3v) is 17.7. The maximum absolute atomic E-state index is 7.09. The molecule has 5 aliphatic heterocycles. The molecule has 0 radical (unpaired) electrons. The minimum Gasteiger partial charge on any atom is -0.444 e. The molecule has 8 heterocycles. The Hall–Kier alpha value is -6.15. The summed E-state index contributed by atoms with van der Waals surface area (Å²) in [6.45, 7) is 0. The van der Waals surface area contributed by atoms with Crippen LogP contribution in [0.1, 0.15) is 22.7 Å². The van der Waals surface area contributed by atoms with Gasteiger partial charge >= 0.3 is 5.82 Å². The summed E-state index contributed by atoms with van der Waals surface area (Å²) in [4.78, 5) is 4.60. The smallest absolute Gasteiger partial charge is 0.354 e. The first-order valence-electron chi connectivity index (χ1n) is 17.4. The van der Waals surface area contributed by atoms with Crippen LogP contribution in [-0.4, -0.2) is 17.6 Å². The second kappa shape index (κ2) is 7.68. The van der Waals surface area contributed by atoms with Crippen LogP contribution in [0.3, 0.4) is 0 Å². The molecule has 5 aromatic carbocycles. The van der Waals surface area contributed by atoms with E-state index < -0.39 is 8.07 Å². The normalized spacial score (nSPS) is 19.9. The lowest BCUT2D eigenvalue weighted by atomic mass is 9.87. The first kappa shape index (κ1) is 24.9. The highest BCUT2D eigenvalue weighted by Crippen LogP contribution is 2.63. The predicted molar refractivity (Wildman–Crippen MR) is 194 cm³/mol. The van der Waals surface area contributed by atoms with Crippen molar-refractivity contribution in [1.82, 2.24) is 14.3 Å². The van der Waals surface area contributed by atoms with Crippen molar-refractivity contribution in [2.24, 2.45) is 7.05 Å². The minimum atomic E-state index is -2.78. The number of quaternary nitrogens is 1. The molecule has 2 atom stereocenters. The Morgan fingerprint density at radius 1 is 0.660 bits per heavy atom. The predicted octanol–water partition coefficient (Wildman–Crippen LogP) is 4.95. The fourth-order valence-corrected chi connectivity index (χ4v) is 17.0. The van der Waals surface area contributed by atoms with Gasteiger partial charge in [-0.1, -0.05) is 78.9 Å². The summed E-state index contributed by atoms with van der Waals surface area (Å²) in [7, 11) is -0.599. The maximum Gasteiger partial charge on any atom is 0.354 e. The molecule has 50 heavy (non-hydrogen) atoms. The zero-order valence-corrected chi connectivity index (χ0v) is 27.9. The summed E-state index contributed by atoms with van der Waals surface area (Å²) in [5.41, 5.74) is 15.6. The number of aromatic nitrogens is 4. The van der Waals surface area contributed by atoms with Crippen LogP contribution in [0.15, 0.2) is 134 Å². The molecule has 0 saturated heterocycles. The van der Waals surface area contributed by atoms with Gasteiger partial charge in [0.1, 0.15) is 16.2 Å². The number of aryl methyl sites for hydroxylation is 1. The molecule has 0 N–H and O–H groups in total. The molecule has 1 aliphatic carbocycles. The van der Waals surface area contributed by atoms with Gasteiger partial charge in [0.25, 0.3) is 17.1 Å². The largest absolute Gasteiger partial charge is 0.444 e. The van der Waals surface area contributed by atoms with Crippen LogP contribution < -0.4 is 39.5 Å². The lowest BCUT2D eigenvalue weighted by Crippen LogP contribution is -2.86. The van der Waals surface area contributed by atoms with Crippen LogP contribution in [0.2, 0.25) is 0 Å². The summed E-state index contributed by atoms with van der Waals surface area (Å²) >= 11 is 0. The van der Waals surface area contributed by atoms with Gasteiger partial charge in [0.2, 0.25) is 11.7 Å². The van der Waals surface area contributed by atoms with E-state index in [2.05, 4.69) is 147 Å². The molecule has 0 saturated carbocycles. The average molecular weight is 657 g/mol. The molecule has 0 amide bonds. The number of benzene rings is 5. The fourth-order valence-electron chi connectivity index (χ4n) is 11.3.